The number of nitrogens with zero attached hydrogens (tertiary/aromatic N) is 2. The lowest BCUT2D eigenvalue weighted by molar-refractivity contribution is -0.141. The van der Waals surface area contributed by atoms with Crippen molar-refractivity contribution in [2.45, 2.75) is 43.2 Å². The lowest BCUT2D eigenvalue weighted by Gasteiger charge is -2.29. The van der Waals surface area contributed by atoms with Crippen molar-refractivity contribution in [1.82, 2.24) is 4.98 Å². The van der Waals surface area contributed by atoms with E-state index in [1.165, 1.54) is 0 Å². The van der Waals surface area contributed by atoms with E-state index < -0.39 is 27.0 Å². The molecule has 1 aromatic heterocycles. The van der Waals surface area contributed by atoms with Crippen LogP contribution in [0, 0.1) is 11.3 Å². The molecule has 2 rings (SSSR count). The fourth-order valence-electron chi connectivity index (χ4n) is 2.68. The number of sulfone groups is 1. The van der Waals surface area contributed by atoms with E-state index in [-0.39, 0.29) is 17.4 Å². The van der Waals surface area contributed by atoms with E-state index >= 15 is 0 Å². The molecule has 9 heteroatoms. The summed E-state index contributed by atoms with van der Waals surface area (Å²) >= 11 is 0. The van der Waals surface area contributed by atoms with E-state index in [0.717, 1.165) is 18.4 Å². The number of hydrogen-bond donors (Lipinski definition) is 1. The quantitative estimate of drug-likeness (QED) is 0.909. The second-order valence-corrected chi connectivity index (χ2v) is 7.99. The molecule has 2 unspecified atom stereocenters. The largest absolute Gasteiger partial charge is 0.433 e. The third-order valence-electron chi connectivity index (χ3n) is 3.88. The predicted molar refractivity (Wildman–Crippen MR) is 78.5 cm³/mol. The maximum Gasteiger partial charge on any atom is 0.433 e. The molecular formula is C14H16F3N3O2S. The molecule has 5 nitrogen and oxygen atoms in total. The summed E-state index contributed by atoms with van der Waals surface area (Å²) in [6, 6.07) is 3.29. The normalized spacial score (nSPS) is 22.4. The Bertz CT molecular complexity index is 726. The van der Waals surface area contributed by atoms with E-state index in [1.54, 1.807) is 6.07 Å². The molecule has 1 aromatic rings. The molecule has 0 aromatic carbocycles. The van der Waals surface area contributed by atoms with Gasteiger partial charge in [-0.1, -0.05) is 6.42 Å². The van der Waals surface area contributed by atoms with Gasteiger partial charge >= 0.3 is 6.18 Å². The summed E-state index contributed by atoms with van der Waals surface area (Å²) in [4.78, 5) is 3.49. The van der Waals surface area contributed by atoms with Gasteiger partial charge in [-0.25, -0.2) is 13.4 Å². The van der Waals surface area contributed by atoms with Crippen LogP contribution in [-0.2, 0) is 16.0 Å². The van der Waals surface area contributed by atoms with Gasteiger partial charge in [0.25, 0.3) is 0 Å². The van der Waals surface area contributed by atoms with Gasteiger partial charge in [-0.2, -0.15) is 18.4 Å². The average molecular weight is 347 g/mol. The summed E-state index contributed by atoms with van der Waals surface area (Å²) in [5.74, 6) is -0.151. The number of hydrogen-bond acceptors (Lipinski definition) is 5. The van der Waals surface area contributed by atoms with Crippen LogP contribution in [0.3, 0.4) is 0 Å². The molecule has 1 fully saturated rings. The number of aromatic nitrogens is 1. The van der Waals surface area contributed by atoms with Crippen LogP contribution in [0.2, 0.25) is 0 Å². The van der Waals surface area contributed by atoms with Crippen LogP contribution in [0.25, 0.3) is 0 Å². The van der Waals surface area contributed by atoms with E-state index in [2.05, 4.69) is 10.3 Å². The number of nitrogens with one attached hydrogen (secondary N) is 1. The van der Waals surface area contributed by atoms with Crippen molar-refractivity contribution >= 4 is 15.7 Å². The van der Waals surface area contributed by atoms with E-state index in [4.69, 9.17) is 5.26 Å². The van der Waals surface area contributed by atoms with Gasteiger partial charge in [0.1, 0.15) is 27.4 Å². The Morgan fingerprint density at radius 2 is 2.04 bits per heavy atom. The van der Waals surface area contributed by atoms with Crippen molar-refractivity contribution in [1.29, 1.82) is 5.26 Å². The minimum absolute atomic E-state index is 0.000482. The zero-order chi connectivity index (χ0) is 17.3. The first-order chi connectivity index (χ1) is 10.6. The Morgan fingerprint density at radius 3 is 2.61 bits per heavy atom. The molecule has 0 saturated heterocycles. The van der Waals surface area contributed by atoms with E-state index in [9.17, 15) is 21.6 Å². The summed E-state index contributed by atoms with van der Waals surface area (Å²) in [6.45, 7) is 0. The van der Waals surface area contributed by atoms with E-state index in [0.29, 0.717) is 25.7 Å². The van der Waals surface area contributed by atoms with Crippen molar-refractivity contribution in [3.05, 3.63) is 23.4 Å². The summed E-state index contributed by atoms with van der Waals surface area (Å²) in [6.07, 6.45) is -1.35. The van der Waals surface area contributed by atoms with Gasteiger partial charge in [0, 0.05) is 12.3 Å². The van der Waals surface area contributed by atoms with Crippen LogP contribution in [0.15, 0.2) is 12.1 Å². The van der Waals surface area contributed by atoms with Crippen molar-refractivity contribution < 1.29 is 21.6 Å². The highest BCUT2D eigenvalue weighted by molar-refractivity contribution is 7.91. The molecule has 2 atom stereocenters. The smallest absolute Gasteiger partial charge is 0.366 e. The average Bonchev–Trinajstić information content (AvgIpc) is 2.45. The van der Waals surface area contributed by atoms with Crippen LogP contribution in [-0.4, -0.2) is 30.9 Å². The van der Waals surface area contributed by atoms with Crippen molar-refractivity contribution in [2.24, 2.45) is 0 Å². The minimum Gasteiger partial charge on any atom is -0.366 e. The zero-order valence-corrected chi connectivity index (χ0v) is 13.2. The molecule has 126 valence electrons. The topological polar surface area (TPSA) is 82.8 Å². The first-order valence-electron chi connectivity index (χ1n) is 7.05. The van der Waals surface area contributed by atoms with Gasteiger partial charge in [-0.15, -0.1) is 0 Å². The van der Waals surface area contributed by atoms with Gasteiger partial charge < -0.3 is 5.32 Å². The Morgan fingerprint density at radius 1 is 1.35 bits per heavy atom. The molecule has 0 radical (unpaired) electrons. The molecule has 1 N–H and O–H groups in total. The highest BCUT2D eigenvalue weighted by Crippen LogP contribution is 2.31. The first kappa shape index (κ1) is 17.5. The molecule has 0 amide bonds. The molecule has 1 aliphatic rings. The molecule has 1 aliphatic carbocycles. The van der Waals surface area contributed by atoms with Gasteiger partial charge in [0.05, 0.1) is 10.8 Å². The molecule has 0 bridgehead atoms. The van der Waals surface area contributed by atoms with Crippen molar-refractivity contribution in [3.8, 4) is 6.07 Å². The second-order valence-electron chi connectivity index (χ2n) is 5.66. The van der Waals surface area contributed by atoms with Crippen molar-refractivity contribution in [3.63, 3.8) is 0 Å². The standard InChI is InChI=1S/C14H16F3N3O2S/c1-23(21,22)11-4-2-3-10(7-11)19-13-9(8-18)5-6-12(20-13)14(15,16)17/h5-6,10-11H,2-4,7H2,1H3,(H,19,20). The monoisotopic (exact) mass is 347 g/mol. The number of pyridine rings is 1. The number of halogens is 3. The van der Waals surface area contributed by atoms with Gasteiger partial charge in [-0.3, -0.25) is 0 Å². The van der Waals surface area contributed by atoms with Crippen LogP contribution in [0.4, 0.5) is 19.0 Å². The maximum atomic E-state index is 12.7. The summed E-state index contributed by atoms with van der Waals surface area (Å²) in [7, 11) is -3.20. The van der Waals surface area contributed by atoms with Crippen LogP contribution in [0.1, 0.15) is 36.9 Å². The number of anilines is 1. The summed E-state index contributed by atoms with van der Waals surface area (Å²) in [5.41, 5.74) is -1.09. The first-order valence-corrected chi connectivity index (χ1v) is 9.00. The SMILES string of the molecule is CS(=O)(=O)C1CCCC(Nc2nc(C(F)(F)F)ccc2C#N)C1. The molecule has 23 heavy (non-hydrogen) atoms. The van der Waals surface area contributed by atoms with E-state index in [1.807, 2.05) is 0 Å². The Balaban J connectivity index is 2.23. The van der Waals surface area contributed by atoms with Crippen LogP contribution in [0.5, 0.6) is 0 Å². The second kappa shape index (κ2) is 6.35. The fourth-order valence-corrected chi connectivity index (χ4v) is 3.85. The molecular weight excluding hydrogens is 331 g/mol. The van der Waals surface area contributed by atoms with Crippen LogP contribution >= 0.6 is 0 Å². The molecule has 0 aliphatic heterocycles. The van der Waals surface area contributed by atoms with Crippen molar-refractivity contribution in [2.75, 3.05) is 11.6 Å². The number of rotatable bonds is 3. The maximum absolute atomic E-state index is 12.7. The third kappa shape index (κ3) is 4.34. The zero-order valence-electron chi connectivity index (χ0n) is 12.4. The summed E-state index contributed by atoms with van der Waals surface area (Å²) in [5, 5.41) is 11.3. The Labute approximate surface area is 132 Å². The minimum atomic E-state index is -4.60. The Hall–Kier alpha value is -1.82. The molecule has 1 heterocycles. The number of nitriles is 1. The fraction of sp³-hybridized carbons (Fsp3) is 0.571. The molecule has 1 saturated carbocycles. The van der Waals surface area contributed by atoms with Gasteiger partial charge in [-0.05, 0) is 31.4 Å². The van der Waals surface area contributed by atoms with Gasteiger partial charge in [0.2, 0.25) is 0 Å². The highest BCUT2D eigenvalue weighted by Gasteiger charge is 2.34. The van der Waals surface area contributed by atoms with Crippen LogP contribution < -0.4 is 5.32 Å². The van der Waals surface area contributed by atoms with Gasteiger partial charge in [0.15, 0.2) is 0 Å². The Kier molecular flexibility index (Phi) is 4.84. The number of alkyl halides is 3. The lowest BCUT2D eigenvalue weighted by atomic mass is 9.95. The highest BCUT2D eigenvalue weighted by atomic mass is 32.2. The predicted octanol–water partition coefficient (Wildman–Crippen LogP) is 2.74. The third-order valence-corrected chi connectivity index (χ3v) is 5.52. The lowest BCUT2D eigenvalue weighted by Crippen LogP contribution is -2.34. The summed E-state index contributed by atoms with van der Waals surface area (Å²) < 4.78 is 61.5. The molecule has 0 spiro atoms.